The molecule has 0 radical (unpaired) electrons. The van der Waals surface area contributed by atoms with Crippen molar-refractivity contribution < 1.29 is 18.8 Å². The predicted octanol–water partition coefficient (Wildman–Crippen LogP) is 3.10. The van der Waals surface area contributed by atoms with Crippen molar-refractivity contribution in [3.63, 3.8) is 0 Å². The van der Waals surface area contributed by atoms with E-state index in [4.69, 9.17) is 14.0 Å². The molecule has 3 rings (SSSR count). The summed E-state index contributed by atoms with van der Waals surface area (Å²) in [5.41, 5.74) is 2.78. The number of hydrogen-bond donors (Lipinski definition) is 1. The minimum atomic E-state index is 0.0346. The maximum absolute atomic E-state index is 12.0. The molecule has 1 aliphatic rings. The van der Waals surface area contributed by atoms with Crippen LogP contribution in [0.3, 0.4) is 0 Å². The third-order valence-electron chi connectivity index (χ3n) is 4.66. The number of ether oxygens (including phenoxy) is 2. The highest BCUT2D eigenvalue weighted by molar-refractivity contribution is 5.78. The third kappa shape index (κ3) is 5.08. The normalized spacial score (nSPS) is 16.6. The van der Waals surface area contributed by atoms with Gasteiger partial charge < -0.3 is 19.3 Å². The molecule has 1 atom stereocenters. The maximum atomic E-state index is 12.0. The summed E-state index contributed by atoms with van der Waals surface area (Å²) in [7, 11) is 0. The molecule has 1 N–H and O–H groups in total. The van der Waals surface area contributed by atoms with Crippen LogP contribution >= 0.6 is 0 Å². The molecule has 1 saturated heterocycles. The van der Waals surface area contributed by atoms with E-state index < -0.39 is 0 Å². The summed E-state index contributed by atoms with van der Waals surface area (Å²) in [5.74, 6) is 1.57. The van der Waals surface area contributed by atoms with E-state index in [0.29, 0.717) is 25.7 Å². The van der Waals surface area contributed by atoms with Crippen LogP contribution in [0.1, 0.15) is 41.8 Å². The Labute approximate surface area is 153 Å². The molecule has 0 saturated carbocycles. The van der Waals surface area contributed by atoms with Crippen LogP contribution in [0.5, 0.6) is 5.75 Å². The highest BCUT2D eigenvalue weighted by Crippen LogP contribution is 2.18. The minimum absolute atomic E-state index is 0.0346. The van der Waals surface area contributed by atoms with Crippen molar-refractivity contribution in [1.29, 1.82) is 0 Å². The molecule has 140 valence electrons. The van der Waals surface area contributed by atoms with Crippen LogP contribution in [0, 0.1) is 13.8 Å². The summed E-state index contributed by atoms with van der Waals surface area (Å²) >= 11 is 0. The molecule has 1 aliphatic heterocycles. The molecular weight excluding hydrogens is 332 g/mol. The van der Waals surface area contributed by atoms with Gasteiger partial charge in [0.25, 0.3) is 0 Å². The molecule has 2 aromatic rings. The van der Waals surface area contributed by atoms with Gasteiger partial charge in [-0.2, -0.15) is 0 Å². The molecule has 1 aromatic heterocycles. The molecule has 0 spiro atoms. The molecule has 0 aliphatic carbocycles. The van der Waals surface area contributed by atoms with Crippen LogP contribution in [-0.4, -0.2) is 30.3 Å². The second-order valence-corrected chi connectivity index (χ2v) is 6.69. The third-order valence-corrected chi connectivity index (χ3v) is 4.66. The number of carbonyl (C=O) groups is 1. The van der Waals surface area contributed by atoms with E-state index in [1.54, 1.807) is 0 Å². The van der Waals surface area contributed by atoms with Gasteiger partial charge in [-0.25, -0.2) is 0 Å². The lowest BCUT2D eigenvalue weighted by Crippen LogP contribution is -2.28. The molecule has 6 heteroatoms. The number of rotatable bonds is 8. The number of nitrogens with one attached hydrogen (secondary N) is 1. The molecule has 1 aromatic carbocycles. The average Bonchev–Trinajstić information content (AvgIpc) is 3.25. The number of hydrogen-bond acceptors (Lipinski definition) is 5. The fourth-order valence-corrected chi connectivity index (χ4v) is 3.06. The SMILES string of the molecule is Cc1noc(C)c1COc1ccc(CC(=O)NCC[C@@H]2CCCO2)cc1. The maximum Gasteiger partial charge on any atom is 0.224 e. The van der Waals surface area contributed by atoms with Crippen molar-refractivity contribution in [2.24, 2.45) is 0 Å². The number of aromatic nitrogens is 1. The van der Waals surface area contributed by atoms with Gasteiger partial charge in [0.1, 0.15) is 18.1 Å². The van der Waals surface area contributed by atoms with E-state index in [1.165, 1.54) is 0 Å². The zero-order valence-corrected chi connectivity index (χ0v) is 15.4. The van der Waals surface area contributed by atoms with Crippen molar-refractivity contribution in [2.75, 3.05) is 13.2 Å². The average molecular weight is 358 g/mol. The van der Waals surface area contributed by atoms with Crippen LogP contribution in [0.15, 0.2) is 28.8 Å². The van der Waals surface area contributed by atoms with E-state index >= 15 is 0 Å². The van der Waals surface area contributed by atoms with E-state index in [0.717, 1.165) is 54.2 Å². The van der Waals surface area contributed by atoms with E-state index in [1.807, 2.05) is 38.1 Å². The van der Waals surface area contributed by atoms with Gasteiger partial charge >= 0.3 is 0 Å². The molecule has 6 nitrogen and oxygen atoms in total. The van der Waals surface area contributed by atoms with Crippen molar-refractivity contribution >= 4 is 5.91 Å². The van der Waals surface area contributed by atoms with Gasteiger partial charge in [0.05, 0.1) is 23.8 Å². The number of aryl methyl sites for hydroxylation is 2. The largest absolute Gasteiger partial charge is 0.489 e. The Balaban J connectivity index is 1.41. The van der Waals surface area contributed by atoms with Crippen LogP contribution in [-0.2, 0) is 22.6 Å². The second kappa shape index (κ2) is 8.85. The predicted molar refractivity (Wildman–Crippen MR) is 97.1 cm³/mol. The Morgan fingerprint density at radius 1 is 1.31 bits per heavy atom. The summed E-state index contributed by atoms with van der Waals surface area (Å²) in [5, 5.41) is 6.88. The molecule has 0 bridgehead atoms. The summed E-state index contributed by atoms with van der Waals surface area (Å²) in [6.07, 6.45) is 3.80. The van der Waals surface area contributed by atoms with Crippen LogP contribution in [0.25, 0.3) is 0 Å². The van der Waals surface area contributed by atoms with Crippen molar-refractivity contribution in [2.45, 2.75) is 52.2 Å². The number of benzene rings is 1. The minimum Gasteiger partial charge on any atom is -0.489 e. The Morgan fingerprint density at radius 3 is 2.77 bits per heavy atom. The van der Waals surface area contributed by atoms with Crippen molar-refractivity contribution in [3.8, 4) is 5.75 Å². The highest BCUT2D eigenvalue weighted by atomic mass is 16.5. The number of carbonyl (C=O) groups excluding carboxylic acids is 1. The Bertz CT molecular complexity index is 698. The molecule has 1 fully saturated rings. The fraction of sp³-hybridized carbons (Fsp3) is 0.500. The zero-order valence-electron chi connectivity index (χ0n) is 15.4. The molecular formula is C20H26N2O4. The lowest BCUT2D eigenvalue weighted by molar-refractivity contribution is -0.120. The lowest BCUT2D eigenvalue weighted by atomic mass is 10.1. The summed E-state index contributed by atoms with van der Waals surface area (Å²) in [6.45, 7) is 5.71. The first kappa shape index (κ1) is 18.5. The lowest BCUT2D eigenvalue weighted by Gasteiger charge is -2.10. The Kier molecular flexibility index (Phi) is 6.28. The standard InChI is InChI=1S/C20H26N2O4/c1-14-19(15(2)26-22-14)13-25-18-7-5-16(6-8-18)12-20(23)21-10-9-17-4-3-11-24-17/h5-8,17H,3-4,9-13H2,1-2H3,(H,21,23)/t17-/m0/s1. The number of nitrogens with zero attached hydrogens (tertiary/aromatic N) is 1. The number of amides is 1. The van der Waals surface area contributed by atoms with Crippen LogP contribution in [0.2, 0.25) is 0 Å². The van der Waals surface area contributed by atoms with E-state index in [9.17, 15) is 4.79 Å². The van der Waals surface area contributed by atoms with Gasteiger partial charge in [-0.1, -0.05) is 17.3 Å². The summed E-state index contributed by atoms with van der Waals surface area (Å²) in [4.78, 5) is 12.0. The van der Waals surface area contributed by atoms with Crippen molar-refractivity contribution in [3.05, 3.63) is 46.8 Å². The molecule has 0 unspecified atom stereocenters. The highest BCUT2D eigenvalue weighted by Gasteiger charge is 2.15. The smallest absolute Gasteiger partial charge is 0.224 e. The van der Waals surface area contributed by atoms with Gasteiger partial charge in [0, 0.05) is 13.2 Å². The zero-order chi connectivity index (χ0) is 18.4. The summed E-state index contributed by atoms with van der Waals surface area (Å²) < 4.78 is 16.5. The molecule has 2 heterocycles. The Hall–Kier alpha value is -2.34. The van der Waals surface area contributed by atoms with Gasteiger partial charge in [0.2, 0.25) is 5.91 Å². The van der Waals surface area contributed by atoms with Gasteiger partial charge in [-0.3, -0.25) is 4.79 Å². The fourth-order valence-electron chi connectivity index (χ4n) is 3.06. The van der Waals surface area contributed by atoms with E-state index in [-0.39, 0.29) is 5.91 Å². The Morgan fingerprint density at radius 2 is 2.12 bits per heavy atom. The summed E-state index contributed by atoms with van der Waals surface area (Å²) in [6, 6.07) is 7.60. The first-order valence-corrected chi connectivity index (χ1v) is 9.13. The van der Waals surface area contributed by atoms with Crippen LogP contribution in [0.4, 0.5) is 0 Å². The first-order chi connectivity index (χ1) is 12.6. The van der Waals surface area contributed by atoms with Crippen LogP contribution < -0.4 is 10.1 Å². The first-order valence-electron chi connectivity index (χ1n) is 9.13. The van der Waals surface area contributed by atoms with Gasteiger partial charge in [-0.05, 0) is 50.8 Å². The quantitative estimate of drug-likeness (QED) is 0.785. The van der Waals surface area contributed by atoms with E-state index in [2.05, 4.69) is 10.5 Å². The van der Waals surface area contributed by atoms with Gasteiger partial charge in [-0.15, -0.1) is 0 Å². The van der Waals surface area contributed by atoms with Gasteiger partial charge in [0.15, 0.2) is 0 Å². The molecule has 1 amide bonds. The topological polar surface area (TPSA) is 73.6 Å². The molecule has 26 heavy (non-hydrogen) atoms. The monoisotopic (exact) mass is 358 g/mol. The van der Waals surface area contributed by atoms with Crippen molar-refractivity contribution in [1.82, 2.24) is 10.5 Å². The second-order valence-electron chi connectivity index (χ2n) is 6.69.